The molecule has 5 heteroatoms. The van der Waals surface area contributed by atoms with Gasteiger partial charge in [-0.15, -0.1) is 0 Å². The lowest BCUT2D eigenvalue weighted by Gasteiger charge is -2.53. The summed E-state index contributed by atoms with van der Waals surface area (Å²) in [5.74, 6) is 2.38. The molecule has 9 rings (SSSR count). The summed E-state index contributed by atoms with van der Waals surface area (Å²) in [7, 11) is 0. The van der Waals surface area contributed by atoms with E-state index in [1.54, 1.807) is 0 Å². The summed E-state index contributed by atoms with van der Waals surface area (Å²) in [5, 5.41) is 0. The van der Waals surface area contributed by atoms with Crippen LogP contribution in [0.5, 0.6) is 0 Å². The Bertz CT molecular complexity index is 2080. The molecule has 0 N–H and O–H groups in total. The summed E-state index contributed by atoms with van der Waals surface area (Å²) in [5.41, 5.74) is 17.0. The van der Waals surface area contributed by atoms with Crippen LogP contribution < -0.4 is 16.4 Å². The first kappa shape index (κ1) is 27.9. The molecule has 0 unspecified atom stereocenters. The molecule has 0 radical (unpaired) electrons. The summed E-state index contributed by atoms with van der Waals surface area (Å²) < 4.78 is 5.20. The van der Waals surface area contributed by atoms with E-state index in [4.69, 9.17) is 9.97 Å². The maximum absolute atomic E-state index is 5.58. The largest absolute Gasteiger partial charge is 0.296 e. The number of aromatic nitrogens is 4. The van der Waals surface area contributed by atoms with E-state index in [9.17, 15) is 0 Å². The Morgan fingerprint density at radius 2 is 0.911 bits per heavy atom. The zero-order valence-electron chi connectivity index (χ0n) is 29.8. The second-order valence-electron chi connectivity index (χ2n) is 18.9. The summed E-state index contributed by atoms with van der Waals surface area (Å²) in [6.07, 6.45) is 0. The van der Waals surface area contributed by atoms with E-state index in [-0.39, 0.29) is 39.2 Å². The van der Waals surface area contributed by atoms with Gasteiger partial charge in [0.2, 0.25) is 0 Å². The predicted octanol–water partition coefficient (Wildman–Crippen LogP) is 7.24. The molecular weight excluding hydrogens is 547 g/mol. The number of nitrogens with zero attached hydrogens (tertiary/aromatic N) is 4. The van der Waals surface area contributed by atoms with Gasteiger partial charge in [0.25, 0.3) is 6.71 Å². The van der Waals surface area contributed by atoms with E-state index >= 15 is 0 Å². The van der Waals surface area contributed by atoms with Crippen molar-refractivity contribution in [1.29, 1.82) is 0 Å². The Labute approximate surface area is 268 Å². The second kappa shape index (κ2) is 7.29. The minimum Gasteiger partial charge on any atom is -0.296 e. The van der Waals surface area contributed by atoms with Crippen LogP contribution in [-0.2, 0) is 32.5 Å². The summed E-state index contributed by atoms with van der Waals surface area (Å²) in [6, 6.07) is 12.5. The van der Waals surface area contributed by atoms with Gasteiger partial charge in [-0.2, -0.15) is 0 Å². The smallest absolute Gasteiger partial charge is 0.252 e. The molecule has 6 heterocycles. The van der Waals surface area contributed by atoms with Gasteiger partial charge in [-0.3, -0.25) is 9.13 Å². The lowest BCUT2D eigenvalue weighted by atomic mass is 9.32. The van der Waals surface area contributed by atoms with Gasteiger partial charge in [-0.05, 0) is 61.6 Å². The molecule has 4 aliphatic rings. The van der Waals surface area contributed by atoms with Crippen LogP contribution in [0.3, 0.4) is 0 Å². The molecule has 4 aliphatic heterocycles. The Balaban J connectivity index is 1.59. The van der Waals surface area contributed by atoms with E-state index in [1.807, 2.05) is 0 Å². The van der Waals surface area contributed by atoms with Gasteiger partial charge in [0, 0.05) is 33.0 Å². The van der Waals surface area contributed by atoms with E-state index < -0.39 is 0 Å². The number of imidazole rings is 2. The van der Waals surface area contributed by atoms with Crippen molar-refractivity contribution in [3.63, 3.8) is 0 Å². The normalized spacial score (nSPS) is 20.4. The van der Waals surface area contributed by atoms with Gasteiger partial charge in [0.1, 0.15) is 11.6 Å². The fourth-order valence-electron chi connectivity index (χ4n) is 9.16. The van der Waals surface area contributed by atoms with Crippen molar-refractivity contribution in [1.82, 2.24) is 19.1 Å². The van der Waals surface area contributed by atoms with Crippen molar-refractivity contribution in [3.05, 3.63) is 64.2 Å². The van der Waals surface area contributed by atoms with Crippen molar-refractivity contribution in [3.8, 4) is 11.4 Å². The first-order chi connectivity index (χ1) is 20.6. The molecule has 0 amide bonds. The van der Waals surface area contributed by atoms with Crippen molar-refractivity contribution < 1.29 is 0 Å². The number of hydrogen-bond donors (Lipinski definition) is 0. The van der Waals surface area contributed by atoms with Crippen LogP contribution in [0.15, 0.2) is 30.3 Å². The van der Waals surface area contributed by atoms with Gasteiger partial charge in [0.15, 0.2) is 0 Å². The molecule has 0 aliphatic carbocycles. The third kappa shape index (κ3) is 2.83. The molecule has 5 aromatic rings. The topological polar surface area (TPSA) is 35.6 Å². The average molecular weight is 595 g/mol. The maximum Gasteiger partial charge on any atom is 0.252 e. The second-order valence-corrected chi connectivity index (χ2v) is 18.9. The molecule has 0 saturated carbocycles. The highest BCUT2D eigenvalue weighted by Gasteiger charge is 2.57. The van der Waals surface area contributed by atoms with Crippen molar-refractivity contribution >= 4 is 45.2 Å². The number of fused-ring (bicyclic) bond motifs is 2. The number of hydrogen-bond acceptors (Lipinski definition) is 2. The molecule has 0 saturated heterocycles. The predicted molar refractivity (Wildman–Crippen MR) is 190 cm³/mol. The SMILES string of the molecule is CC(C)(C)c1cc2c3c(c1)nc1n3-c3c(cc4c5c3B2c2cc(C(C)(C)C)cc3nc(n-5c23)C(C)(C)C4(C)C)C(C)(C)C1(C)C. The highest BCUT2D eigenvalue weighted by molar-refractivity contribution is 7.00. The number of benzene rings is 3. The van der Waals surface area contributed by atoms with Gasteiger partial charge >= 0.3 is 0 Å². The van der Waals surface area contributed by atoms with Crippen molar-refractivity contribution in [2.45, 2.75) is 129 Å². The molecule has 4 nitrogen and oxygen atoms in total. The molecule has 0 atom stereocenters. The Kier molecular flexibility index (Phi) is 4.53. The summed E-state index contributed by atoms with van der Waals surface area (Å²) in [6.45, 7) is 33.7. The zero-order valence-corrected chi connectivity index (χ0v) is 29.8. The fourth-order valence-corrected chi connectivity index (χ4v) is 9.16. The lowest BCUT2D eigenvalue weighted by Crippen LogP contribution is -2.64. The quantitative estimate of drug-likeness (QED) is 0.174. The molecule has 0 spiro atoms. The fraction of sp³-hybridized carbons (Fsp3) is 0.500. The highest BCUT2D eigenvalue weighted by atomic mass is 15.2. The lowest BCUT2D eigenvalue weighted by molar-refractivity contribution is 0.262. The van der Waals surface area contributed by atoms with Crippen LogP contribution in [0.25, 0.3) is 33.4 Å². The molecular formula is C40H47BN4. The van der Waals surface area contributed by atoms with Gasteiger partial charge in [-0.1, -0.05) is 115 Å². The highest BCUT2D eigenvalue weighted by Crippen LogP contribution is 2.57. The Morgan fingerprint density at radius 1 is 0.533 bits per heavy atom. The van der Waals surface area contributed by atoms with E-state index in [0.717, 1.165) is 11.0 Å². The zero-order chi connectivity index (χ0) is 32.3. The van der Waals surface area contributed by atoms with Crippen LogP contribution in [0.1, 0.15) is 131 Å². The maximum atomic E-state index is 5.58. The van der Waals surface area contributed by atoms with E-state index in [1.165, 1.54) is 72.7 Å². The van der Waals surface area contributed by atoms with Crippen molar-refractivity contribution in [2.75, 3.05) is 0 Å². The number of rotatable bonds is 0. The summed E-state index contributed by atoms with van der Waals surface area (Å²) >= 11 is 0. The minimum atomic E-state index is -0.167. The molecule has 0 fully saturated rings. The summed E-state index contributed by atoms with van der Waals surface area (Å²) in [4.78, 5) is 11.2. The standard InChI is InChI=1S/C40H47BN4/c1-35(2,3)20-15-24-31-26(17-20)42-33-39(11,12)37(7,8)22-19-23-30-28(29(22)44(31)33)41(24)25-16-21(36(4,5)6)18-27-32(25)45(30)34(43-27)40(13,14)38(23,9)10/h15-19H,1-14H3. The van der Waals surface area contributed by atoms with Crippen LogP contribution in [0.2, 0.25) is 0 Å². The van der Waals surface area contributed by atoms with Crippen LogP contribution in [0.4, 0.5) is 0 Å². The van der Waals surface area contributed by atoms with Gasteiger partial charge in [-0.25, -0.2) is 9.97 Å². The third-order valence-corrected chi connectivity index (χ3v) is 13.6. The minimum absolute atomic E-state index is 0.00333. The Morgan fingerprint density at radius 3 is 1.27 bits per heavy atom. The molecule has 2 aromatic heterocycles. The van der Waals surface area contributed by atoms with Crippen LogP contribution in [0, 0.1) is 0 Å². The van der Waals surface area contributed by atoms with E-state index in [2.05, 4.69) is 136 Å². The molecule has 230 valence electrons. The molecule has 0 bridgehead atoms. The molecule has 45 heavy (non-hydrogen) atoms. The van der Waals surface area contributed by atoms with Crippen LogP contribution in [-0.4, -0.2) is 25.8 Å². The first-order valence-electron chi connectivity index (χ1n) is 17.0. The average Bonchev–Trinajstić information content (AvgIpc) is 3.50. The monoisotopic (exact) mass is 594 g/mol. The van der Waals surface area contributed by atoms with Crippen molar-refractivity contribution in [2.24, 2.45) is 0 Å². The van der Waals surface area contributed by atoms with Gasteiger partial charge in [0.05, 0.1) is 22.1 Å². The van der Waals surface area contributed by atoms with E-state index in [0.29, 0.717) is 0 Å². The third-order valence-electron chi connectivity index (χ3n) is 13.6. The first-order valence-corrected chi connectivity index (χ1v) is 17.0. The molecule has 3 aromatic carbocycles. The van der Waals surface area contributed by atoms with Crippen LogP contribution >= 0.6 is 0 Å². The van der Waals surface area contributed by atoms with Gasteiger partial charge < -0.3 is 0 Å². The Hall–Kier alpha value is -3.34.